The maximum atomic E-state index is 9.22. The molecule has 0 spiro atoms. The second kappa shape index (κ2) is 6.76. The van der Waals surface area contributed by atoms with Crippen molar-refractivity contribution in [2.75, 3.05) is 13.2 Å². The molecule has 1 aromatic carbocycles. The van der Waals surface area contributed by atoms with E-state index in [1.807, 2.05) is 13.8 Å². The molecule has 102 valence electrons. The number of aryl methyl sites for hydroxylation is 2. The zero-order chi connectivity index (χ0) is 13.6. The van der Waals surface area contributed by atoms with Crippen molar-refractivity contribution in [3.05, 3.63) is 29.3 Å². The summed E-state index contributed by atoms with van der Waals surface area (Å²) in [6, 6.07) is 6.20. The van der Waals surface area contributed by atoms with Crippen LogP contribution in [0.3, 0.4) is 0 Å². The highest BCUT2D eigenvalue weighted by molar-refractivity contribution is 5.35. The molecule has 0 aliphatic heterocycles. The van der Waals surface area contributed by atoms with Crippen LogP contribution in [0.15, 0.2) is 18.2 Å². The van der Waals surface area contributed by atoms with E-state index < -0.39 is 5.54 Å². The fourth-order valence-corrected chi connectivity index (χ4v) is 1.84. The summed E-state index contributed by atoms with van der Waals surface area (Å²) < 4.78 is 5.76. The van der Waals surface area contributed by atoms with E-state index in [0.717, 1.165) is 30.6 Å². The third-order valence-electron chi connectivity index (χ3n) is 3.44. The Labute approximate surface area is 110 Å². The van der Waals surface area contributed by atoms with Crippen molar-refractivity contribution in [1.29, 1.82) is 0 Å². The summed E-state index contributed by atoms with van der Waals surface area (Å²) >= 11 is 0. The van der Waals surface area contributed by atoms with E-state index >= 15 is 0 Å². The van der Waals surface area contributed by atoms with Crippen LogP contribution < -0.4 is 10.5 Å². The predicted octanol–water partition coefficient (Wildman–Crippen LogP) is 2.56. The summed E-state index contributed by atoms with van der Waals surface area (Å²) in [5, 5.41) is 9.22. The lowest BCUT2D eigenvalue weighted by molar-refractivity contribution is 0.171. The van der Waals surface area contributed by atoms with Gasteiger partial charge in [0.15, 0.2) is 0 Å². The van der Waals surface area contributed by atoms with Crippen molar-refractivity contribution in [2.45, 2.75) is 45.6 Å². The maximum Gasteiger partial charge on any atom is 0.122 e. The van der Waals surface area contributed by atoms with E-state index in [-0.39, 0.29) is 6.61 Å². The van der Waals surface area contributed by atoms with Crippen LogP contribution in [0, 0.1) is 13.8 Å². The van der Waals surface area contributed by atoms with Crippen LogP contribution >= 0.6 is 0 Å². The molecular formula is C15H25NO2. The van der Waals surface area contributed by atoms with Gasteiger partial charge in [-0.2, -0.15) is 0 Å². The summed E-state index contributed by atoms with van der Waals surface area (Å²) in [5.74, 6) is 0.943. The molecule has 1 aromatic rings. The van der Waals surface area contributed by atoms with Crippen molar-refractivity contribution in [3.63, 3.8) is 0 Å². The molecule has 0 saturated heterocycles. The average molecular weight is 251 g/mol. The Hall–Kier alpha value is -1.06. The summed E-state index contributed by atoms with van der Waals surface area (Å²) in [6.45, 7) is 6.78. The quantitative estimate of drug-likeness (QED) is 0.732. The second-order valence-corrected chi connectivity index (χ2v) is 5.10. The van der Waals surface area contributed by atoms with Gasteiger partial charge in [0.1, 0.15) is 5.75 Å². The predicted molar refractivity (Wildman–Crippen MR) is 74.9 cm³/mol. The smallest absolute Gasteiger partial charge is 0.122 e. The van der Waals surface area contributed by atoms with Gasteiger partial charge in [-0.1, -0.05) is 19.1 Å². The molecule has 0 radical (unpaired) electrons. The molecule has 0 saturated carbocycles. The zero-order valence-corrected chi connectivity index (χ0v) is 11.7. The molecule has 1 rings (SSSR count). The van der Waals surface area contributed by atoms with Crippen LogP contribution in [0.4, 0.5) is 0 Å². The van der Waals surface area contributed by atoms with Crippen LogP contribution in [-0.4, -0.2) is 23.9 Å². The van der Waals surface area contributed by atoms with Gasteiger partial charge in [-0.25, -0.2) is 0 Å². The van der Waals surface area contributed by atoms with Gasteiger partial charge in [0, 0.05) is 5.54 Å². The van der Waals surface area contributed by atoms with E-state index in [0.29, 0.717) is 6.61 Å². The first-order valence-corrected chi connectivity index (χ1v) is 6.60. The first kappa shape index (κ1) is 15.0. The van der Waals surface area contributed by atoms with Gasteiger partial charge < -0.3 is 15.6 Å². The molecule has 0 fully saturated rings. The van der Waals surface area contributed by atoms with Crippen molar-refractivity contribution >= 4 is 0 Å². The SMILES string of the molecule is CCC(N)(CO)CCCOc1cc(C)ccc1C. The minimum Gasteiger partial charge on any atom is -0.493 e. The fraction of sp³-hybridized carbons (Fsp3) is 0.600. The molecule has 3 N–H and O–H groups in total. The normalized spacial score (nSPS) is 14.3. The van der Waals surface area contributed by atoms with Gasteiger partial charge in [-0.05, 0) is 50.3 Å². The van der Waals surface area contributed by atoms with Gasteiger partial charge in [0.25, 0.3) is 0 Å². The first-order valence-electron chi connectivity index (χ1n) is 6.60. The molecule has 0 heterocycles. The fourth-order valence-electron chi connectivity index (χ4n) is 1.84. The number of benzene rings is 1. The lowest BCUT2D eigenvalue weighted by Gasteiger charge is -2.25. The van der Waals surface area contributed by atoms with Crippen LogP contribution in [0.25, 0.3) is 0 Å². The minimum absolute atomic E-state index is 0.0347. The Balaban J connectivity index is 2.40. The largest absolute Gasteiger partial charge is 0.493 e. The molecule has 18 heavy (non-hydrogen) atoms. The van der Waals surface area contributed by atoms with E-state index in [4.69, 9.17) is 10.5 Å². The van der Waals surface area contributed by atoms with Gasteiger partial charge in [0.05, 0.1) is 13.2 Å². The van der Waals surface area contributed by atoms with E-state index in [2.05, 4.69) is 25.1 Å². The van der Waals surface area contributed by atoms with Crippen LogP contribution in [0.1, 0.15) is 37.3 Å². The Morgan fingerprint density at radius 3 is 2.67 bits per heavy atom. The van der Waals surface area contributed by atoms with Crippen molar-refractivity contribution < 1.29 is 9.84 Å². The molecule has 0 aromatic heterocycles. The monoisotopic (exact) mass is 251 g/mol. The standard InChI is InChI=1S/C15H25NO2/c1-4-15(16,11-17)8-5-9-18-14-10-12(2)6-7-13(14)3/h6-7,10,17H,4-5,8-9,11,16H2,1-3H3. The Morgan fingerprint density at radius 1 is 1.33 bits per heavy atom. The van der Waals surface area contributed by atoms with E-state index in [1.165, 1.54) is 5.56 Å². The van der Waals surface area contributed by atoms with Gasteiger partial charge >= 0.3 is 0 Å². The third-order valence-corrected chi connectivity index (χ3v) is 3.44. The van der Waals surface area contributed by atoms with Crippen LogP contribution in [-0.2, 0) is 0 Å². The Morgan fingerprint density at radius 2 is 2.06 bits per heavy atom. The summed E-state index contributed by atoms with van der Waals surface area (Å²) in [4.78, 5) is 0. The maximum absolute atomic E-state index is 9.22. The van der Waals surface area contributed by atoms with E-state index in [1.54, 1.807) is 0 Å². The highest BCUT2D eigenvalue weighted by atomic mass is 16.5. The van der Waals surface area contributed by atoms with E-state index in [9.17, 15) is 5.11 Å². The van der Waals surface area contributed by atoms with Crippen molar-refractivity contribution in [1.82, 2.24) is 0 Å². The number of ether oxygens (including phenoxy) is 1. The topological polar surface area (TPSA) is 55.5 Å². The number of hydrogen-bond donors (Lipinski definition) is 2. The molecule has 0 bridgehead atoms. The molecule has 1 atom stereocenters. The van der Waals surface area contributed by atoms with Gasteiger partial charge in [-0.15, -0.1) is 0 Å². The molecule has 0 aliphatic rings. The summed E-state index contributed by atoms with van der Waals surface area (Å²) in [6.07, 6.45) is 2.43. The number of hydrogen-bond acceptors (Lipinski definition) is 3. The summed E-state index contributed by atoms with van der Waals surface area (Å²) in [7, 11) is 0. The number of aliphatic hydroxyl groups excluding tert-OH is 1. The molecule has 0 amide bonds. The zero-order valence-electron chi connectivity index (χ0n) is 11.7. The highest BCUT2D eigenvalue weighted by Crippen LogP contribution is 2.20. The average Bonchev–Trinajstić information content (AvgIpc) is 2.38. The molecule has 1 unspecified atom stereocenters. The highest BCUT2D eigenvalue weighted by Gasteiger charge is 2.20. The Bertz CT molecular complexity index is 373. The number of nitrogens with two attached hydrogens (primary N) is 1. The van der Waals surface area contributed by atoms with Gasteiger partial charge in [-0.3, -0.25) is 0 Å². The lowest BCUT2D eigenvalue weighted by atomic mass is 9.93. The summed E-state index contributed by atoms with van der Waals surface area (Å²) in [5.41, 5.74) is 7.92. The molecular weight excluding hydrogens is 226 g/mol. The lowest BCUT2D eigenvalue weighted by Crippen LogP contribution is -2.43. The van der Waals surface area contributed by atoms with Crippen LogP contribution in [0.2, 0.25) is 0 Å². The van der Waals surface area contributed by atoms with Crippen molar-refractivity contribution in [2.24, 2.45) is 5.73 Å². The molecule has 0 aliphatic carbocycles. The third kappa shape index (κ3) is 4.31. The Kier molecular flexibility index (Phi) is 5.63. The molecule has 3 nitrogen and oxygen atoms in total. The second-order valence-electron chi connectivity index (χ2n) is 5.10. The van der Waals surface area contributed by atoms with Crippen LogP contribution in [0.5, 0.6) is 5.75 Å². The minimum atomic E-state index is -0.453. The first-order chi connectivity index (χ1) is 8.50. The number of aliphatic hydroxyl groups is 1. The number of rotatable bonds is 7. The van der Waals surface area contributed by atoms with Crippen molar-refractivity contribution in [3.8, 4) is 5.75 Å². The van der Waals surface area contributed by atoms with Gasteiger partial charge in [0.2, 0.25) is 0 Å². The molecule has 3 heteroatoms.